The van der Waals surface area contributed by atoms with Gasteiger partial charge in [-0.3, -0.25) is 4.79 Å². The summed E-state index contributed by atoms with van der Waals surface area (Å²) < 4.78 is 35.8. The van der Waals surface area contributed by atoms with E-state index in [1.165, 1.54) is 7.11 Å². The van der Waals surface area contributed by atoms with E-state index in [4.69, 9.17) is 39.5 Å². The van der Waals surface area contributed by atoms with Gasteiger partial charge in [-0.05, 0) is 85.0 Å². The quantitative estimate of drug-likeness (QED) is 0.216. The number of methoxy groups -OCH3 is 1. The largest absolute Gasteiger partial charge is 0.493 e. The van der Waals surface area contributed by atoms with E-state index in [0.717, 1.165) is 24.0 Å². The summed E-state index contributed by atoms with van der Waals surface area (Å²) in [5.74, 6) is 0.191. The van der Waals surface area contributed by atoms with Crippen molar-refractivity contribution >= 4 is 50.6 Å². The van der Waals surface area contributed by atoms with Crippen LogP contribution in [0.25, 0.3) is 0 Å². The summed E-state index contributed by atoms with van der Waals surface area (Å²) in [6, 6.07) is 17.5. The molecule has 6 nitrogen and oxygen atoms in total. The second-order valence-corrected chi connectivity index (χ2v) is 14.9. The lowest BCUT2D eigenvalue weighted by Crippen LogP contribution is -2.40. The molecular weight excluding hydrogens is 619 g/mol. The first-order chi connectivity index (χ1) is 19.9. The molecule has 1 unspecified atom stereocenters. The van der Waals surface area contributed by atoms with E-state index < -0.39 is 21.4 Å². The number of carbonyl (C=O) groups is 1. The Morgan fingerprint density at radius 2 is 1.64 bits per heavy atom. The van der Waals surface area contributed by atoms with Crippen LogP contribution in [0.3, 0.4) is 0 Å². The molecule has 10 heteroatoms. The summed E-state index contributed by atoms with van der Waals surface area (Å²) in [6.45, 7) is 2.52. The van der Waals surface area contributed by atoms with Crippen molar-refractivity contribution in [2.24, 2.45) is 5.92 Å². The van der Waals surface area contributed by atoms with Crippen LogP contribution in [0, 0.1) is 5.92 Å². The van der Waals surface area contributed by atoms with Gasteiger partial charge in [0.15, 0.2) is 9.84 Å². The Kier molecular flexibility index (Phi) is 8.90. The number of rotatable bonds is 11. The van der Waals surface area contributed by atoms with Crippen molar-refractivity contribution in [3.63, 3.8) is 0 Å². The number of hydrogen-bond donors (Lipinski definition) is 1. The van der Waals surface area contributed by atoms with Crippen molar-refractivity contribution in [3.05, 3.63) is 92.4 Å². The number of ether oxygens (including phenoxy) is 2. The fraction of sp³-hybridized carbons (Fsp3) is 0.406. The van der Waals surface area contributed by atoms with Crippen LogP contribution in [0.1, 0.15) is 61.6 Å². The molecule has 2 aliphatic carbocycles. The molecule has 42 heavy (non-hydrogen) atoms. The van der Waals surface area contributed by atoms with E-state index >= 15 is 0 Å². The lowest BCUT2D eigenvalue weighted by molar-refractivity contribution is -0.140. The molecule has 0 spiro atoms. The number of aliphatic hydroxyl groups is 1. The van der Waals surface area contributed by atoms with Crippen LogP contribution in [-0.2, 0) is 30.4 Å². The van der Waals surface area contributed by atoms with E-state index in [-0.39, 0.29) is 28.4 Å². The van der Waals surface area contributed by atoms with E-state index in [2.05, 4.69) is 11.7 Å². The standard InChI is InChI=1S/C32H33Cl3O6S/c1-31(22-8-9-22,30-26(33)4-3-5-27(30)34)19-41-23-10-13-25(28(35)16-23)32(37)17-21(18-32)20-6-11-24(12-7-20)42(38,39)15-14-29(36)40-2/h3-7,10-13,16,21-22,37H,8-9,14-15,17-19H2,1-2H3. The van der Waals surface area contributed by atoms with Crippen molar-refractivity contribution in [2.75, 3.05) is 19.5 Å². The van der Waals surface area contributed by atoms with Crippen LogP contribution in [0.15, 0.2) is 65.6 Å². The minimum absolute atomic E-state index is 0.0495. The van der Waals surface area contributed by atoms with Gasteiger partial charge < -0.3 is 14.6 Å². The van der Waals surface area contributed by atoms with Gasteiger partial charge in [0.2, 0.25) is 0 Å². The Balaban J connectivity index is 1.23. The molecule has 0 bridgehead atoms. The van der Waals surface area contributed by atoms with Gasteiger partial charge in [0, 0.05) is 21.0 Å². The van der Waals surface area contributed by atoms with Crippen LogP contribution in [0.2, 0.25) is 15.1 Å². The van der Waals surface area contributed by atoms with Crippen LogP contribution in [0.5, 0.6) is 5.75 Å². The third-order valence-corrected chi connectivity index (χ3v) is 11.3. The highest BCUT2D eigenvalue weighted by Crippen LogP contribution is 2.53. The summed E-state index contributed by atoms with van der Waals surface area (Å²) in [7, 11) is -2.37. The van der Waals surface area contributed by atoms with Crippen LogP contribution in [-0.4, -0.2) is 39.0 Å². The monoisotopic (exact) mass is 650 g/mol. The summed E-state index contributed by atoms with van der Waals surface area (Å²) >= 11 is 19.8. The topological polar surface area (TPSA) is 89.9 Å². The lowest BCUT2D eigenvalue weighted by Gasteiger charge is -2.44. The highest BCUT2D eigenvalue weighted by Gasteiger charge is 2.47. The van der Waals surface area contributed by atoms with E-state index in [1.807, 2.05) is 30.3 Å². The highest BCUT2D eigenvalue weighted by atomic mass is 35.5. The maximum absolute atomic E-state index is 12.5. The summed E-state index contributed by atoms with van der Waals surface area (Å²) in [6.07, 6.45) is 2.88. The van der Waals surface area contributed by atoms with Crippen LogP contribution in [0.4, 0.5) is 0 Å². The second-order valence-electron chi connectivity index (χ2n) is 11.6. The molecule has 0 amide bonds. The third-order valence-electron chi connectivity index (χ3n) is 8.67. The number of benzene rings is 3. The van der Waals surface area contributed by atoms with Crippen LogP contribution < -0.4 is 4.74 Å². The Morgan fingerprint density at radius 3 is 2.21 bits per heavy atom. The van der Waals surface area contributed by atoms with Crippen molar-refractivity contribution in [1.29, 1.82) is 0 Å². The molecule has 0 radical (unpaired) electrons. The number of halogens is 3. The van der Waals surface area contributed by atoms with Crippen molar-refractivity contribution in [2.45, 2.75) is 60.9 Å². The zero-order valence-electron chi connectivity index (χ0n) is 23.4. The molecule has 5 rings (SSSR count). The van der Waals surface area contributed by atoms with Gasteiger partial charge in [-0.1, -0.05) is 66.0 Å². The molecule has 3 aromatic rings. The van der Waals surface area contributed by atoms with Gasteiger partial charge >= 0.3 is 5.97 Å². The van der Waals surface area contributed by atoms with Gasteiger partial charge in [0.05, 0.1) is 41.4 Å². The maximum Gasteiger partial charge on any atom is 0.306 e. The molecule has 0 saturated heterocycles. The SMILES string of the molecule is COC(=O)CCS(=O)(=O)c1ccc(C2CC(O)(c3ccc(OCC(C)(c4c(Cl)cccc4Cl)C4CC4)cc3Cl)C2)cc1. The molecule has 0 aromatic heterocycles. The predicted molar refractivity (Wildman–Crippen MR) is 164 cm³/mol. The predicted octanol–water partition coefficient (Wildman–Crippen LogP) is 7.50. The number of hydrogen-bond acceptors (Lipinski definition) is 6. The minimum Gasteiger partial charge on any atom is -0.493 e. The lowest BCUT2D eigenvalue weighted by atomic mass is 9.65. The second kappa shape index (κ2) is 12.0. The Morgan fingerprint density at radius 1 is 1.00 bits per heavy atom. The van der Waals surface area contributed by atoms with Crippen molar-refractivity contribution < 1.29 is 27.8 Å². The molecule has 0 aliphatic heterocycles. The van der Waals surface area contributed by atoms with Gasteiger partial charge in [0.25, 0.3) is 0 Å². The Labute approximate surface area is 261 Å². The molecule has 0 heterocycles. The van der Waals surface area contributed by atoms with Crippen molar-refractivity contribution in [1.82, 2.24) is 0 Å². The van der Waals surface area contributed by atoms with Gasteiger partial charge in [-0.25, -0.2) is 8.42 Å². The van der Waals surface area contributed by atoms with E-state index in [9.17, 15) is 18.3 Å². The zero-order valence-corrected chi connectivity index (χ0v) is 26.5. The number of carbonyl (C=O) groups excluding carboxylic acids is 1. The molecule has 1 N–H and O–H groups in total. The van der Waals surface area contributed by atoms with Crippen LogP contribution >= 0.6 is 34.8 Å². The average Bonchev–Trinajstić information content (AvgIpc) is 3.80. The highest BCUT2D eigenvalue weighted by molar-refractivity contribution is 7.91. The first-order valence-electron chi connectivity index (χ1n) is 13.9. The fourth-order valence-electron chi connectivity index (χ4n) is 5.95. The van der Waals surface area contributed by atoms with Gasteiger partial charge in [-0.15, -0.1) is 0 Å². The molecule has 3 aromatic carbocycles. The zero-order chi connectivity index (χ0) is 30.3. The number of sulfone groups is 1. The van der Waals surface area contributed by atoms with Crippen molar-refractivity contribution in [3.8, 4) is 5.75 Å². The van der Waals surface area contributed by atoms with Gasteiger partial charge in [0.1, 0.15) is 5.75 Å². The first-order valence-corrected chi connectivity index (χ1v) is 16.6. The third kappa shape index (κ3) is 6.31. The summed E-state index contributed by atoms with van der Waals surface area (Å²) in [4.78, 5) is 11.5. The van der Waals surface area contributed by atoms with E-state index in [1.54, 1.807) is 30.3 Å². The number of esters is 1. The molecule has 2 aliphatic rings. The normalized spacial score (nSPS) is 21.7. The first kappa shape index (κ1) is 31.1. The van der Waals surface area contributed by atoms with Gasteiger partial charge in [-0.2, -0.15) is 0 Å². The summed E-state index contributed by atoms with van der Waals surface area (Å²) in [5.41, 5.74) is 1.02. The molecule has 1 atom stereocenters. The minimum atomic E-state index is -3.60. The Hall–Kier alpha value is -2.29. The molecule has 2 saturated carbocycles. The molecule has 224 valence electrons. The molecule has 2 fully saturated rings. The summed E-state index contributed by atoms with van der Waals surface area (Å²) in [5, 5.41) is 13.1. The maximum atomic E-state index is 12.5. The van der Waals surface area contributed by atoms with E-state index in [0.29, 0.717) is 51.7 Å². The average molecular weight is 652 g/mol. The Bertz CT molecular complexity index is 1560. The fourth-order valence-corrected chi connectivity index (χ4v) is 8.35. The smallest absolute Gasteiger partial charge is 0.306 e. The molecular formula is C32H33Cl3O6S.